The molecular formula is C22H19N. The summed E-state index contributed by atoms with van der Waals surface area (Å²) in [6.45, 7) is 0. The standard InChI is InChI=1S/C22H19N/c1-23-21-13-7-5-11-19(21)18(20-12-6-8-14-22(20)23)16-15-17-9-3-2-4-10-17/h2-16,18H,1H3/b16-15+. The second-order valence-electron chi connectivity index (χ2n) is 5.92. The molecule has 1 aliphatic heterocycles. The molecule has 4 rings (SSSR count). The third kappa shape index (κ3) is 2.44. The van der Waals surface area contributed by atoms with E-state index in [1.807, 2.05) is 0 Å². The minimum absolute atomic E-state index is 0.291. The van der Waals surface area contributed by atoms with Gasteiger partial charge in [-0.1, -0.05) is 78.9 Å². The first kappa shape index (κ1) is 13.8. The predicted octanol–water partition coefficient (Wildman–Crippen LogP) is 5.61. The maximum absolute atomic E-state index is 2.32. The third-order valence-corrected chi connectivity index (χ3v) is 4.55. The Morgan fingerprint density at radius 3 is 1.83 bits per heavy atom. The van der Waals surface area contributed by atoms with Crippen molar-refractivity contribution < 1.29 is 0 Å². The summed E-state index contributed by atoms with van der Waals surface area (Å²) in [5.74, 6) is 0.291. The van der Waals surface area contributed by atoms with Crippen molar-refractivity contribution in [3.05, 3.63) is 102 Å². The van der Waals surface area contributed by atoms with E-state index in [0.29, 0.717) is 5.92 Å². The quantitative estimate of drug-likeness (QED) is 0.594. The van der Waals surface area contributed by atoms with Crippen LogP contribution in [0.2, 0.25) is 0 Å². The lowest BCUT2D eigenvalue weighted by Gasteiger charge is -2.34. The summed E-state index contributed by atoms with van der Waals surface area (Å²) in [6.07, 6.45) is 4.55. The molecule has 112 valence electrons. The van der Waals surface area contributed by atoms with Gasteiger partial charge in [0, 0.05) is 24.3 Å². The number of allylic oxidation sites excluding steroid dienone is 1. The van der Waals surface area contributed by atoms with Crippen LogP contribution in [0.3, 0.4) is 0 Å². The van der Waals surface area contributed by atoms with E-state index in [4.69, 9.17) is 0 Å². The maximum atomic E-state index is 2.32. The first-order chi connectivity index (χ1) is 11.3. The van der Waals surface area contributed by atoms with Crippen LogP contribution in [-0.2, 0) is 0 Å². The van der Waals surface area contributed by atoms with E-state index in [9.17, 15) is 0 Å². The van der Waals surface area contributed by atoms with E-state index in [1.165, 1.54) is 28.1 Å². The van der Waals surface area contributed by atoms with Gasteiger partial charge in [-0.2, -0.15) is 0 Å². The van der Waals surface area contributed by atoms with Gasteiger partial charge >= 0.3 is 0 Å². The minimum Gasteiger partial charge on any atom is -0.344 e. The lowest BCUT2D eigenvalue weighted by atomic mass is 9.84. The molecule has 0 spiro atoms. The number of hydrogen-bond acceptors (Lipinski definition) is 1. The molecule has 0 fully saturated rings. The van der Waals surface area contributed by atoms with Crippen LogP contribution in [0.5, 0.6) is 0 Å². The molecule has 0 saturated heterocycles. The first-order valence-electron chi connectivity index (χ1n) is 7.99. The van der Waals surface area contributed by atoms with E-state index in [1.54, 1.807) is 0 Å². The normalized spacial score (nSPS) is 13.9. The molecule has 0 bridgehead atoms. The van der Waals surface area contributed by atoms with E-state index in [-0.39, 0.29) is 0 Å². The molecule has 0 N–H and O–H groups in total. The number of anilines is 2. The van der Waals surface area contributed by atoms with Crippen LogP contribution in [0.25, 0.3) is 6.08 Å². The molecule has 1 nitrogen and oxygen atoms in total. The zero-order chi connectivity index (χ0) is 15.6. The number of nitrogens with zero attached hydrogens (tertiary/aromatic N) is 1. The van der Waals surface area contributed by atoms with Crippen LogP contribution in [0.1, 0.15) is 22.6 Å². The van der Waals surface area contributed by atoms with E-state index < -0.39 is 0 Å². The molecule has 3 aromatic carbocycles. The monoisotopic (exact) mass is 297 g/mol. The van der Waals surface area contributed by atoms with Crippen molar-refractivity contribution >= 4 is 17.5 Å². The largest absolute Gasteiger partial charge is 0.344 e. The van der Waals surface area contributed by atoms with Gasteiger partial charge in [0.05, 0.1) is 0 Å². The van der Waals surface area contributed by atoms with Gasteiger partial charge in [0.1, 0.15) is 0 Å². The molecule has 1 aliphatic rings. The first-order valence-corrected chi connectivity index (χ1v) is 7.99. The second-order valence-corrected chi connectivity index (χ2v) is 5.92. The van der Waals surface area contributed by atoms with Crippen LogP contribution in [-0.4, -0.2) is 7.05 Å². The molecule has 0 saturated carbocycles. The molecule has 23 heavy (non-hydrogen) atoms. The summed E-state index contributed by atoms with van der Waals surface area (Å²) < 4.78 is 0. The smallest absolute Gasteiger partial charge is 0.0450 e. The minimum atomic E-state index is 0.291. The fourth-order valence-electron chi connectivity index (χ4n) is 3.39. The fraction of sp³-hybridized carbons (Fsp3) is 0.0909. The molecule has 0 atom stereocenters. The molecule has 0 aliphatic carbocycles. The average Bonchev–Trinajstić information content (AvgIpc) is 2.63. The number of rotatable bonds is 2. The highest BCUT2D eigenvalue weighted by atomic mass is 15.1. The van der Waals surface area contributed by atoms with Gasteiger partial charge in [-0.15, -0.1) is 0 Å². The topological polar surface area (TPSA) is 3.24 Å². The molecule has 0 aromatic heterocycles. The zero-order valence-electron chi connectivity index (χ0n) is 13.2. The van der Waals surface area contributed by atoms with Crippen LogP contribution in [0, 0.1) is 0 Å². The number of para-hydroxylation sites is 2. The Morgan fingerprint density at radius 2 is 1.22 bits per heavy atom. The molecule has 1 heteroatoms. The highest BCUT2D eigenvalue weighted by molar-refractivity contribution is 5.77. The molecular weight excluding hydrogens is 278 g/mol. The van der Waals surface area contributed by atoms with Crippen molar-refractivity contribution in [2.75, 3.05) is 11.9 Å². The van der Waals surface area contributed by atoms with Crippen LogP contribution in [0.4, 0.5) is 11.4 Å². The van der Waals surface area contributed by atoms with Crippen LogP contribution in [0.15, 0.2) is 84.9 Å². The summed E-state index contributed by atoms with van der Waals surface area (Å²) in [5, 5.41) is 0. The Bertz CT molecular complexity index is 801. The van der Waals surface area contributed by atoms with Gasteiger partial charge in [-0.05, 0) is 28.8 Å². The maximum Gasteiger partial charge on any atom is 0.0450 e. The Balaban J connectivity index is 1.83. The van der Waals surface area contributed by atoms with Crippen molar-refractivity contribution in [3.63, 3.8) is 0 Å². The van der Waals surface area contributed by atoms with Crippen molar-refractivity contribution in [1.29, 1.82) is 0 Å². The Kier molecular flexibility index (Phi) is 3.47. The van der Waals surface area contributed by atoms with Gasteiger partial charge in [-0.3, -0.25) is 0 Å². The fourth-order valence-corrected chi connectivity index (χ4v) is 3.39. The number of benzene rings is 3. The third-order valence-electron chi connectivity index (χ3n) is 4.55. The summed E-state index contributed by atoms with van der Waals surface area (Å²) in [7, 11) is 2.15. The summed E-state index contributed by atoms with van der Waals surface area (Å²) in [6, 6.07) is 27.9. The van der Waals surface area contributed by atoms with E-state index >= 15 is 0 Å². The molecule has 1 heterocycles. The van der Waals surface area contributed by atoms with Crippen molar-refractivity contribution in [2.45, 2.75) is 5.92 Å². The molecule has 0 unspecified atom stereocenters. The molecule has 3 aromatic rings. The van der Waals surface area contributed by atoms with Gasteiger partial charge in [0.15, 0.2) is 0 Å². The number of hydrogen-bond donors (Lipinski definition) is 0. The average molecular weight is 297 g/mol. The van der Waals surface area contributed by atoms with Gasteiger partial charge < -0.3 is 4.90 Å². The Morgan fingerprint density at radius 1 is 0.696 bits per heavy atom. The second kappa shape index (κ2) is 5.77. The SMILES string of the molecule is CN1c2ccccc2C(/C=C/c2ccccc2)c2ccccc21. The van der Waals surface area contributed by atoms with Gasteiger partial charge in [-0.25, -0.2) is 0 Å². The predicted molar refractivity (Wildman–Crippen MR) is 98.3 cm³/mol. The number of fused-ring (bicyclic) bond motifs is 2. The Labute approximate surface area is 137 Å². The Hall–Kier alpha value is -2.80. The molecule has 0 radical (unpaired) electrons. The van der Waals surface area contributed by atoms with E-state index in [0.717, 1.165) is 0 Å². The van der Waals surface area contributed by atoms with Crippen LogP contribution >= 0.6 is 0 Å². The van der Waals surface area contributed by atoms with E-state index in [2.05, 4.69) is 103 Å². The van der Waals surface area contributed by atoms with Gasteiger partial charge in [0.25, 0.3) is 0 Å². The lowest BCUT2D eigenvalue weighted by molar-refractivity contribution is 0.963. The summed E-state index contributed by atoms with van der Waals surface area (Å²) in [4.78, 5) is 2.29. The molecule has 0 amide bonds. The lowest BCUT2D eigenvalue weighted by Crippen LogP contribution is -2.20. The van der Waals surface area contributed by atoms with Crippen molar-refractivity contribution in [3.8, 4) is 0 Å². The zero-order valence-corrected chi connectivity index (χ0v) is 13.2. The summed E-state index contributed by atoms with van der Waals surface area (Å²) >= 11 is 0. The highest BCUT2D eigenvalue weighted by Gasteiger charge is 2.26. The van der Waals surface area contributed by atoms with Crippen molar-refractivity contribution in [2.24, 2.45) is 0 Å². The van der Waals surface area contributed by atoms with Gasteiger partial charge in [0.2, 0.25) is 0 Å². The summed E-state index contributed by atoms with van der Waals surface area (Å²) in [5.41, 5.74) is 6.53. The van der Waals surface area contributed by atoms with Crippen molar-refractivity contribution in [1.82, 2.24) is 0 Å². The highest BCUT2D eigenvalue weighted by Crippen LogP contribution is 2.45. The van der Waals surface area contributed by atoms with Crippen LogP contribution < -0.4 is 4.90 Å².